The van der Waals surface area contributed by atoms with Crippen LogP contribution in [0.25, 0.3) is 89.5 Å². The first-order valence-corrected chi connectivity index (χ1v) is 17.7. The van der Waals surface area contributed by atoms with Crippen LogP contribution in [0.2, 0.25) is 0 Å². The topological polar surface area (TPSA) is 51.8 Å². The van der Waals surface area contributed by atoms with Gasteiger partial charge in [-0.15, -0.1) is 0 Å². The van der Waals surface area contributed by atoms with E-state index in [1.165, 1.54) is 27.8 Å². The molecule has 2 aromatic heterocycles. The zero-order valence-electron chi connectivity index (χ0n) is 28.8. The fraction of sp³-hybridized carbons (Fsp3) is 0.0625. The molecule has 0 N–H and O–H groups in total. The van der Waals surface area contributed by atoms with E-state index in [1.807, 2.05) is 18.2 Å². The minimum Gasteiger partial charge on any atom is -0.455 e. The van der Waals surface area contributed by atoms with Crippen LogP contribution in [0.4, 0.5) is 0 Å². The molecule has 4 nitrogen and oxygen atoms in total. The number of furan rings is 1. The minimum absolute atomic E-state index is 0.133. The Kier molecular flexibility index (Phi) is 6.80. The van der Waals surface area contributed by atoms with E-state index in [9.17, 15) is 0 Å². The molecule has 0 unspecified atom stereocenters. The van der Waals surface area contributed by atoms with Gasteiger partial charge in [0, 0.05) is 38.4 Å². The van der Waals surface area contributed by atoms with Gasteiger partial charge in [0.25, 0.3) is 0 Å². The van der Waals surface area contributed by atoms with Gasteiger partial charge in [-0.25, -0.2) is 15.0 Å². The molecule has 0 atom stereocenters. The lowest BCUT2D eigenvalue weighted by molar-refractivity contribution is 0.660. The monoisotopic (exact) mass is 667 g/mol. The molecule has 9 aromatic rings. The molecule has 2 heterocycles. The first kappa shape index (κ1) is 30.2. The number of nitrogens with zero attached hydrogens (tertiary/aromatic N) is 3. The van der Waals surface area contributed by atoms with Crippen molar-refractivity contribution < 1.29 is 4.42 Å². The molecule has 246 valence electrons. The maximum Gasteiger partial charge on any atom is 0.164 e. The van der Waals surface area contributed by atoms with E-state index in [2.05, 4.69) is 159 Å². The Hall–Kier alpha value is -6.65. The molecule has 4 heteroatoms. The number of hydrogen-bond acceptors (Lipinski definition) is 4. The van der Waals surface area contributed by atoms with Crippen LogP contribution in [0.5, 0.6) is 0 Å². The van der Waals surface area contributed by atoms with E-state index in [0.29, 0.717) is 17.5 Å². The molecular formula is C48H33N3O. The number of fused-ring (bicyclic) bond motifs is 6. The van der Waals surface area contributed by atoms with Crippen LogP contribution >= 0.6 is 0 Å². The van der Waals surface area contributed by atoms with Crippen molar-refractivity contribution in [2.24, 2.45) is 0 Å². The van der Waals surface area contributed by atoms with Crippen molar-refractivity contribution in [1.29, 1.82) is 0 Å². The third kappa shape index (κ3) is 4.79. The second kappa shape index (κ2) is 11.7. The SMILES string of the molecule is CC1(C)c2ccccc2-c2c(-c3nc(-c4ccc(-c5ccccc5)cc4)nc(-c4ccc(-c5cccc6c5oc5ccccc56)cc4)n3)cccc21. The van der Waals surface area contributed by atoms with E-state index in [1.54, 1.807) is 0 Å². The van der Waals surface area contributed by atoms with Crippen LogP contribution in [-0.2, 0) is 5.41 Å². The molecule has 0 amide bonds. The lowest BCUT2D eigenvalue weighted by Crippen LogP contribution is -2.14. The summed E-state index contributed by atoms with van der Waals surface area (Å²) >= 11 is 0. The van der Waals surface area contributed by atoms with Crippen molar-refractivity contribution in [1.82, 2.24) is 15.0 Å². The van der Waals surface area contributed by atoms with E-state index >= 15 is 0 Å². The summed E-state index contributed by atoms with van der Waals surface area (Å²) < 4.78 is 6.36. The molecule has 0 aliphatic heterocycles. The molecule has 1 aliphatic carbocycles. The van der Waals surface area contributed by atoms with Gasteiger partial charge in [-0.2, -0.15) is 0 Å². The van der Waals surface area contributed by atoms with Crippen LogP contribution in [0.15, 0.2) is 168 Å². The zero-order chi connectivity index (χ0) is 34.8. The van der Waals surface area contributed by atoms with Gasteiger partial charge in [0.15, 0.2) is 17.5 Å². The van der Waals surface area contributed by atoms with Crippen molar-refractivity contribution in [3.63, 3.8) is 0 Å². The first-order chi connectivity index (χ1) is 25.5. The summed E-state index contributed by atoms with van der Waals surface area (Å²) in [5.41, 5.74) is 14.0. The van der Waals surface area contributed by atoms with Crippen molar-refractivity contribution in [2.75, 3.05) is 0 Å². The van der Waals surface area contributed by atoms with E-state index in [0.717, 1.165) is 55.3 Å². The minimum atomic E-state index is -0.133. The van der Waals surface area contributed by atoms with E-state index in [-0.39, 0.29) is 5.41 Å². The summed E-state index contributed by atoms with van der Waals surface area (Å²) in [6, 6.07) is 57.2. The molecule has 0 radical (unpaired) electrons. The third-order valence-corrected chi connectivity index (χ3v) is 10.6. The normalized spacial score (nSPS) is 13.0. The predicted molar refractivity (Wildman–Crippen MR) is 212 cm³/mol. The Balaban J connectivity index is 1.12. The molecule has 1 aliphatic rings. The van der Waals surface area contributed by atoms with E-state index < -0.39 is 0 Å². The number of para-hydroxylation sites is 2. The Morgan fingerprint density at radius 1 is 0.385 bits per heavy atom. The van der Waals surface area contributed by atoms with Gasteiger partial charge in [-0.05, 0) is 45.0 Å². The molecule has 0 saturated carbocycles. The van der Waals surface area contributed by atoms with Crippen LogP contribution in [0.3, 0.4) is 0 Å². The first-order valence-electron chi connectivity index (χ1n) is 17.7. The average Bonchev–Trinajstić information content (AvgIpc) is 3.70. The maximum atomic E-state index is 6.36. The van der Waals surface area contributed by atoms with Gasteiger partial charge in [-0.1, -0.05) is 172 Å². The summed E-state index contributed by atoms with van der Waals surface area (Å²) in [7, 11) is 0. The highest BCUT2D eigenvalue weighted by molar-refractivity contribution is 6.09. The highest BCUT2D eigenvalue weighted by Crippen LogP contribution is 2.51. The highest BCUT2D eigenvalue weighted by Gasteiger charge is 2.37. The van der Waals surface area contributed by atoms with Gasteiger partial charge in [-0.3, -0.25) is 0 Å². The fourth-order valence-electron chi connectivity index (χ4n) is 7.91. The van der Waals surface area contributed by atoms with E-state index in [4.69, 9.17) is 19.4 Å². The van der Waals surface area contributed by atoms with Crippen LogP contribution in [-0.4, -0.2) is 15.0 Å². The highest BCUT2D eigenvalue weighted by atomic mass is 16.3. The molecule has 0 saturated heterocycles. The number of aromatic nitrogens is 3. The Morgan fingerprint density at radius 3 is 1.67 bits per heavy atom. The van der Waals surface area contributed by atoms with Crippen LogP contribution in [0, 0.1) is 0 Å². The fourth-order valence-corrected chi connectivity index (χ4v) is 7.91. The van der Waals surface area contributed by atoms with Gasteiger partial charge in [0.2, 0.25) is 0 Å². The molecule has 0 spiro atoms. The van der Waals surface area contributed by atoms with Crippen molar-refractivity contribution >= 4 is 21.9 Å². The Morgan fingerprint density at radius 2 is 0.904 bits per heavy atom. The second-order valence-electron chi connectivity index (χ2n) is 14.0. The van der Waals surface area contributed by atoms with Gasteiger partial charge in [0.05, 0.1) is 0 Å². The standard InChI is InChI=1S/C48H33N3O/c1-48(2)40-19-8-6-15-38(40)43-39(18-11-20-41(43)48)47-50-45(33-26-22-31(23-27-33)30-12-4-3-5-13-30)49-46(51-47)34-28-24-32(25-29-34)35-16-10-17-37-36-14-7-9-21-42(36)52-44(35)37/h3-29H,1-2H3. The van der Waals surface area contributed by atoms with Crippen molar-refractivity contribution in [2.45, 2.75) is 19.3 Å². The number of benzene rings is 7. The Bertz CT molecular complexity index is 2800. The lowest BCUT2D eigenvalue weighted by atomic mass is 9.82. The summed E-state index contributed by atoms with van der Waals surface area (Å²) in [6.07, 6.45) is 0. The smallest absolute Gasteiger partial charge is 0.164 e. The molecule has 0 fully saturated rings. The van der Waals surface area contributed by atoms with Crippen molar-refractivity contribution in [3.05, 3.63) is 175 Å². The summed E-state index contributed by atoms with van der Waals surface area (Å²) in [5, 5.41) is 2.23. The van der Waals surface area contributed by atoms with Crippen LogP contribution < -0.4 is 0 Å². The molecule has 7 aromatic carbocycles. The maximum absolute atomic E-state index is 6.36. The second-order valence-corrected chi connectivity index (χ2v) is 14.0. The van der Waals surface area contributed by atoms with Crippen LogP contribution in [0.1, 0.15) is 25.0 Å². The van der Waals surface area contributed by atoms with Gasteiger partial charge < -0.3 is 4.42 Å². The summed E-state index contributed by atoms with van der Waals surface area (Å²) in [4.78, 5) is 15.5. The molecular weight excluding hydrogens is 635 g/mol. The van der Waals surface area contributed by atoms with Gasteiger partial charge in [0.1, 0.15) is 11.2 Å². The molecule has 10 rings (SSSR count). The summed E-state index contributed by atoms with van der Waals surface area (Å²) in [5.74, 6) is 1.93. The molecule has 0 bridgehead atoms. The quantitative estimate of drug-likeness (QED) is 0.183. The number of hydrogen-bond donors (Lipinski definition) is 0. The lowest BCUT2D eigenvalue weighted by Gasteiger charge is -2.21. The van der Waals surface area contributed by atoms with Gasteiger partial charge >= 0.3 is 0 Å². The summed E-state index contributed by atoms with van der Waals surface area (Å²) in [6.45, 7) is 4.60. The average molecular weight is 668 g/mol. The molecule has 52 heavy (non-hydrogen) atoms. The van der Waals surface area contributed by atoms with Crippen molar-refractivity contribution in [3.8, 4) is 67.5 Å². The zero-order valence-corrected chi connectivity index (χ0v) is 28.8. The predicted octanol–water partition coefficient (Wildman–Crippen LogP) is 12.4. The third-order valence-electron chi connectivity index (χ3n) is 10.6. The Labute approximate surface area is 302 Å². The number of rotatable bonds is 5. The largest absolute Gasteiger partial charge is 0.455 e.